The number of carbonyl (C=O) groups is 2. The highest BCUT2D eigenvalue weighted by Gasteiger charge is 2.22. The van der Waals surface area contributed by atoms with Gasteiger partial charge < -0.3 is 10.2 Å². The summed E-state index contributed by atoms with van der Waals surface area (Å²) in [7, 11) is -3.57. The van der Waals surface area contributed by atoms with Crippen molar-refractivity contribution >= 4 is 22.0 Å². The van der Waals surface area contributed by atoms with Gasteiger partial charge in [0.15, 0.2) is 0 Å². The van der Waals surface area contributed by atoms with E-state index in [1.165, 1.54) is 0 Å². The quantitative estimate of drug-likeness (QED) is 0.598. The Hall–Kier alpha value is -1.15. The van der Waals surface area contributed by atoms with Crippen LogP contribution in [0.4, 0.5) is 0 Å². The van der Waals surface area contributed by atoms with Crippen molar-refractivity contribution in [1.82, 2.24) is 4.31 Å². The van der Waals surface area contributed by atoms with Gasteiger partial charge in [-0.3, -0.25) is 9.59 Å². The van der Waals surface area contributed by atoms with E-state index < -0.39 is 22.0 Å². The van der Waals surface area contributed by atoms with Crippen molar-refractivity contribution in [3.8, 4) is 0 Å². The van der Waals surface area contributed by atoms with Gasteiger partial charge in [-0.15, -0.1) is 0 Å². The zero-order valence-electron chi connectivity index (χ0n) is 10.3. The Morgan fingerprint density at radius 2 is 1.50 bits per heavy atom. The fourth-order valence-corrected chi connectivity index (χ4v) is 2.94. The molecule has 0 saturated heterocycles. The predicted octanol–water partition coefficient (Wildman–Crippen LogP) is 0.368. The van der Waals surface area contributed by atoms with Crippen molar-refractivity contribution in [1.29, 1.82) is 0 Å². The van der Waals surface area contributed by atoms with Gasteiger partial charge in [0.05, 0.1) is 18.6 Å². The second-order valence-electron chi connectivity index (χ2n) is 3.86. The van der Waals surface area contributed by atoms with Crippen molar-refractivity contribution in [2.45, 2.75) is 32.6 Å². The summed E-state index contributed by atoms with van der Waals surface area (Å²) in [5.41, 5.74) is 0. The topological polar surface area (TPSA) is 112 Å². The molecule has 106 valence electrons. The second kappa shape index (κ2) is 8.04. The molecule has 18 heavy (non-hydrogen) atoms. The first-order valence-corrected chi connectivity index (χ1v) is 7.32. The first kappa shape index (κ1) is 16.9. The highest BCUT2D eigenvalue weighted by Crippen LogP contribution is 2.07. The smallest absolute Gasteiger partial charge is 0.304 e. The third-order valence-electron chi connectivity index (χ3n) is 2.30. The highest BCUT2D eigenvalue weighted by molar-refractivity contribution is 7.89. The van der Waals surface area contributed by atoms with E-state index in [0.29, 0.717) is 12.8 Å². The molecule has 0 atom stereocenters. The minimum Gasteiger partial charge on any atom is -0.481 e. The van der Waals surface area contributed by atoms with Crippen molar-refractivity contribution < 1.29 is 28.2 Å². The van der Waals surface area contributed by atoms with E-state index >= 15 is 0 Å². The van der Waals surface area contributed by atoms with Crippen LogP contribution in [0.15, 0.2) is 0 Å². The molecule has 8 heteroatoms. The van der Waals surface area contributed by atoms with Crippen LogP contribution in [0.2, 0.25) is 0 Å². The SMILES string of the molecule is CCCCS(=O)(=O)N(CCC(=O)O)CCC(=O)O. The zero-order chi connectivity index (χ0) is 14.2. The standard InChI is InChI=1S/C10H19NO6S/c1-2-3-8-18(16,17)11(6-4-9(12)13)7-5-10(14)15/h2-8H2,1H3,(H,12,13)(H,14,15). The van der Waals surface area contributed by atoms with Gasteiger partial charge in [0.25, 0.3) is 0 Å². The van der Waals surface area contributed by atoms with Crippen LogP contribution in [0.25, 0.3) is 0 Å². The Balaban J connectivity index is 4.61. The molecule has 0 amide bonds. The van der Waals surface area contributed by atoms with Gasteiger partial charge in [0.1, 0.15) is 0 Å². The lowest BCUT2D eigenvalue weighted by atomic mass is 10.4. The van der Waals surface area contributed by atoms with E-state index in [1.807, 2.05) is 6.92 Å². The molecule has 0 saturated carbocycles. The summed E-state index contributed by atoms with van der Waals surface area (Å²) in [4.78, 5) is 20.9. The molecule has 0 aliphatic heterocycles. The zero-order valence-corrected chi connectivity index (χ0v) is 11.1. The Labute approximate surface area is 106 Å². The maximum Gasteiger partial charge on any atom is 0.304 e. The van der Waals surface area contributed by atoms with Gasteiger partial charge in [-0.25, -0.2) is 12.7 Å². The molecule has 7 nitrogen and oxygen atoms in total. The minimum absolute atomic E-state index is 0.0806. The van der Waals surface area contributed by atoms with Crippen LogP contribution in [0.3, 0.4) is 0 Å². The number of aliphatic carboxylic acids is 2. The summed E-state index contributed by atoms with van der Waals surface area (Å²) in [6, 6.07) is 0. The number of sulfonamides is 1. The fourth-order valence-electron chi connectivity index (χ4n) is 1.29. The lowest BCUT2D eigenvalue weighted by molar-refractivity contribution is -0.137. The number of carboxylic acids is 2. The summed E-state index contributed by atoms with van der Waals surface area (Å²) in [5.74, 6) is -2.30. The van der Waals surface area contributed by atoms with Crippen molar-refractivity contribution in [2.75, 3.05) is 18.8 Å². The Morgan fingerprint density at radius 3 is 1.83 bits per heavy atom. The minimum atomic E-state index is -3.57. The van der Waals surface area contributed by atoms with E-state index in [2.05, 4.69) is 0 Å². The fraction of sp³-hybridized carbons (Fsp3) is 0.800. The molecular formula is C10H19NO6S. The number of unbranched alkanes of at least 4 members (excludes halogenated alkanes) is 1. The van der Waals surface area contributed by atoms with Crippen LogP contribution in [0.5, 0.6) is 0 Å². The summed E-state index contributed by atoms with van der Waals surface area (Å²) in [5, 5.41) is 17.1. The first-order valence-electron chi connectivity index (χ1n) is 5.71. The Kier molecular flexibility index (Phi) is 7.53. The van der Waals surface area contributed by atoms with Gasteiger partial charge in [0, 0.05) is 13.1 Å². The van der Waals surface area contributed by atoms with E-state index in [1.54, 1.807) is 0 Å². The normalized spacial score (nSPS) is 11.7. The lowest BCUT2D eigenvalue weighted by Gasteiger charge is -2.20. The maximum atomic E-state index is 11.9. The van der Waals surface area contributed by atoms with Gasteiger partial charge in [-0.1, -0.05) is 13.3 Å². The molecule has 0 aliphatic carbocycles. The van der Waals surface area contributed by atoms with Crippen LogP contribution in [-0.4, -0.2) is 53.7 Å². The molecule has 2 N–H and O–H groups in total. The van der Waals surface area contributed by atoms with Gasteiger partial charge in [-0.05, 0) is 6.42 Å². The average Bonchev–Trinajstić information content (AvgIpc) is 2.25. The largest absolute Gasteiger partial charge is 0.481 e. The van der Waals surface area contributed by atoms with E-state index in [9.17, 15) is 18.0 Å². The predicted molar refractivity (Wildman–Crippen MR) is 64.8 cm³/mol. The summed E-state index contributed by atoms with van der Waals surface area (Å²) < 4.78 is 24.7. The summed E-state index contributed by atoms with van der Waals surface area (Å²) in [6.07, 6.45) is 0.514. The monoisotopic (exact) mass is 281 g/mol. The Bertz CT molecular complexity index is 360. The molecule has 0 heterocycles. The average molecular weight is 281 g/mol. The molecule has 0 bridgehead atoms. The van der Waals surface area contributed by atoms with Crippen molar-refractivity contribution in [3.05, 3.63) is 0 Å². The van der Waals surface area contributed by atoms with Crippen LogP contribution < -0.4 is 0 Å². The molecule has 0 aromatic carbocycles. The molecule has 0 spiro atoms. The van der Waals surface area contributed by atoms with Crippen molar-refractivity contribution in [3.63, 3.8) is 0 Å². The van der Waals surface area contributed by atoms with E-state index in [0.717, 1.165) is 4.31 Å². The van der Waals surface area contributed by atoms with Crippen LogP contribution >= 0.6 is 0 Å². The third-order valence-corrected chi connectivity index (χ3v) is 4.26. The van der Waals surface area contributed by atoms with Crippen LogP contribution in [0, 0.1) is 0 Å². The number of hydrogen-bond donors (Lipinski definition) is 2. The van der Waals surface area contributed by atoms with Gasteiger partial charge in [0.2, 0.25) is 10.0 Å². The third kappa shape index (κ3) is 7.23. The molecule has 0 aliphatic rings. The van der Waals surface area contributed by atoms with E-state index in [4.69, 9.17) is 10.2 Å². The van der Waals surface area contributed by atoms with E-state index in [-0.39, 0.29) is 31.7 Å². The summed E-state index contributed by atoms with van der Waals surface area (Å²) >= 11 is 0. The van der Waals surface area contributed by atoms with Crippen LogP contribution in [-0.2, 0) is 19.6 Å². The molecule has 0 unspecified atom stereocenters. The first-order chi connectivity index (χ1) is 8.29. The highest BCUT2D eigenvalue weighted by atomic mass is 32.2. The molecule has 0 rings (SSSR count). The number of rotatable bonds is 10. The lowest BCUT2D eigenvalue weighted by Crippen LogP contribution is -2.36. The number of hydrogen-bond acceptors (Lipinski definition) is 4. The molecule has 0 fully saturated rings. The molecular weight excluding hydrogens is 262 g/mol. The van der Waals surface area contributed by atoms with Crippen molar-refractivity contribution in [2.24, 2.45) is 0 Å². The number of nitrogens with zero attached hydrogens (tertiary/aromatic N) is 1. The summed E-state index contributed by atoms with van der Waals surface area (Å²) in [6.45, 7) is 1.47. The second-order valence-corrected chi connectivity index (χ2v) is 5.94. The van der Waals surface area contributed by atoms with Gasteiger partial charge >= 0.3 is 11.9 Å². The number of carboxylic acid groups (broad SMARTS) is 2. The molecule has 0 aromatic heterocycles. The van der Waals surface area contributed by atoms with Crippen LogP contribution in [0.1, 0.15) is 32.6 Å². The molecule has 0 aromatic rings. The van der Waals surface area contributed by atoms with Gasteiger partial charge in [-0.2, -0.15) is 0 Å². The Morgan fingerprint density at radius 1 is 1.06 bits per heavy atom. The molecule has 0 radical (unpaired) electrons. The maximum absolute atomic E-state index is 11.9.